The van der Waals surface area contributed by atoms with E-state index in [2.05, 4.69) is 0 Å². The molecule has 0 amide bonds. The predicted octanol–water partition coefficient (Wildman–Crippen LogP) is 2.66. The minimum absolute atomic E-state index is 0.0474. The maximum Gasteiger partial charge on any atom is 0.246 e. The average molecular weight is 344 g/mol. The van der Waals surface area contributed by atoms with Gasteiger partial charge in [0.15, 0.2) is 0 Å². The third-order valence-electron chi connectivity index (χ3n) is 3.06. The van der Waals surface area contributed by atoms with E-state index in [0.717, 1.165) is 22.0 Å². The molecule has 0 aliphatic carbocycles. The zero-order chi connectivity index (χ0) is 16.2. The lowest BCUT2D eigenvalue weighted by Crippen LogP contribution is -2.33. The van der Waals surface area contributed by atoms with Gasteiger partial charge in [0.25, 0.3) is 0 Å². The third kappa shape index (κ3) is 3.84. The Labute approximate surface area is 133 Å². The van der Waals surface area contributed by atoms with Gasteiger partial charge in [-0.2, -0.15) is 4.31 Å². The number of hydrogen-bond acceptors (Lipinski definition) is 3. The Morgan fingerprint density at radius 3 is 2.41 bits per heavy atom. The van der Waals surface area contributed by atoms with Gasteiger partial charge in [-0.05, 0) is 23.8 Å². The van der Waals surface area contributed by atoms with Crippen LogP contribution in [0.3, 0.4) is 0 Å². The number of aliphatic hydroxyl groups excluding tert-OH is 1. The maximum absolute atomic E-state index is 13.9. The third-order valence-corrected chi connectivity index (χ3v) is 5.18. The summed E-state index contributed by atoms with van der Waals surface area (Å²) in [4.78, 5) is -0.457. The van der Waals surface area contributed by atoms with E-state index in [-0.39, 0.29) is 24.7 Å². The fraction of sp³-hybridized carbons (Fsp3) is 0.200. The van der Waals surface area contributed by atoms with Crippen LogP contribution in [0.1, 0.15) is 5.56 Å². The molecule has 0 bridgehead atoms. The molecule has 0 aliphatic heterocycles. The molecule has 2 aromatic carbocycles. The minimum Gasteiger partial charge on any atom is -0.395 e. The first-order chi connectivity index (χ1) is 10.4. The number of sulfonamides is 1. The molecule has 0 saturated heterocycles. The smallest absolute Gasteiger partial charge is 0.246 e. The van der Waals surface area contributed by atoms with E-state index in [1.807, 2.05) is 6.07 Å². The van der Waals surface area contributed by atoms with Crippen LogP contribution in [0.5, 0.6) is 0 Å². The monoisotopic (exact) mass is 343 g/mol. The van der Waals surface area contributed by atoms with Gasteiger partial charge in [-0.1, -0.05) is 41.9 Å². The van der Waals surface area contributed by atoms with Crippen molar-refractivity contribution < 1.29 is 17.9 Å². The summed E-state index contributed by atoms with van der Waals surface area (Å²) in [6, 6.07) is 12.3. The molecule has 0 aromatic heterocycles. The maximum atomic E-state index is 13.9. The van der Waals surface area contributed by atoms with E-state index in [1.54, 1.807) is 24.3 Å². The van der Waals surface area contributed by atoms with Crippen molar-refractivity contribution in [3.8, 4) is 0 Å². The van der Waals surface area contributed by atoms with Gasteiger partial charge in [0, 0.05) is 18.1 Å². The van der Waals surface area contributed by atoms with E-state index in [4.69, 9.17) is 16.7 Å². The first kappa shape index (κ1) is 16.9. The lowest BCUT2D eigenvalue weighted by molar-refractivity contribution is 0.250. The highest BCUT2D eigenvalue weighted by atomic mass is 35.5. The van der Waals surface area contributed by atoms with Crippen molar-refractivity contribution in [1.29, 1.82) is 0 Å². The molecule has 22 heavy (non-hydrogen) atoms. The molecule has 2 rings (SSSR count). The molecule has 1 N–H and O–H groups in total. The molecule has 2 aromatic rings. The Balaban J connectivity index is 2.37. The SMILES string of the molecule is O=S(=O)(c1ccc(Cl)cc1F)N(CCO)Cc1ccccc1. The normalized spacial score (nSPS) is 11.8. The van der Waals surface area contributed by atoms with Crippen LogP contribution in [0, 0.1) is 5.82 Å². The molecule has 0 unspecified atom stereocenters. The second-order valence-corrected chi connectivity index (χ2v) is 6.97. The lowest BCUT2D eigenvalue weighted by Gasteiger charge is -2.21. The van der Waals surface area contributed by atoms with Gasteiger partial charge in [-0.15, -0.1) is 0 Å². The minimum atomic E-state index is -4.07. The summed E-state index contributed by atoms with van der Waals surface area (Å²) in [6.07, 6.45) is 0. The zero-order valence-electron chi connectivity index (χ0n) is 11.6. The van der Waals surface area contributed by atoms with E-state index >= 15 is 0 Å². The Hall–Kier alpha value is -1.47. The first-order valence-electron chi connectivity index (χ1n) is 6.55. The van der Waals surface area contributed by atoms with Gasteiger partial charge in [0.05, 0.1) is 6.61 Å². The molecule has 0 aliphatic rings. The largest absolute Gasteiger partial charge is 0.395 e. The Morgan fingerprint density at radius 1 is 1.14 bits per heavy atom. The Kier molecular flexibility index (Phi) is 5.52. The fourth-order valence-corrected chi connectivity index (χ4v) is 3.63. The topological polar surface area (TPSA) is 57.6 Å². The second kappa shape index (κ2) is 7.19. The number of aliphatic hydroxyl groups is 1. The molecular weight excluding hydrogens is 329 g/mol. The van der Waals surface area contributed by atoms with Gasteiger partial charge >= 0.3 is 0 Å². The Morgan fingerprint density at radius 2 is 1.82 bits per heavy atom. The molecule has 0 heterocycles. The van der Waals surface area contributed by atoms with Crippen LogP contribution in [0.4, 0.5) is 4.39 Å². The van der Waals surface area contributed by atoms with Gasteiger partial charge in [-0.3, -0.25) is 0 Å². The van der Waals surface area contributed by atoms with Crippen LogP contribution in [0.15, 0.2) is 53.4 Å². The Bertz CT molecular complexity index is 738. The summed E-state index contributed by atoms with van der Waals surface area (Å²) in [5, 5.41) is 9.24. The van der Waals surface area contributed by atoms with Crippen LogP contribution in [0.25, 0.3) is 0 Å². The standard InChI is InChI=1S/C15H15ClFNO3S/c16-13-6-7-15(14(17)10-13)22(20,21)18(8-9-19)11-12-4-2-1-3-5-12/h1-7,10,19H,8-9,11H2. The lowest BCUT2D eigenvalue weighted by atomic mass is 10.2. The van der Waals surface area contributed by atoms with Crippen molar-refractivity contribution in [3.05, 3.63) is 64.9 Å². The summed E-state index contributed by atoms with van der Waals surface area (Å²) in [5.74, 6) is -0.913. The van der Waals surface area contributed by atoms with Crippen LogP contribution in [-0.4, -0.2) is 31.0 Å². The quantitative estimate of drug-likeness (QED) is 0.877. The summed E-state index contributed by atoms with van der Waals surface area (Å²) in [7, 11) is -4.07. The van der Waals surface area contributed by atoms with Crippen molar-refractivity contribution in [3.63, 3.8) is 0 Å². The first-order valence-corrected chi connectivity index (χ1v) is 8.37. The van der Waals surface area contributed by atoms with Crippen molar-refractivity contribution in [2.24, 2.45) is 0 Å². The highest BCUT2D eigenvalue weighted by Gasteiger charge is 2.27. The number of benzene rings is 2. The van der Waals surface area contributed by atoms with Gasteiger partial charge in [-0.25, -0.2) is 12.8 Å². The van der Waals surface area contributed by atoms with Crippen molar-refractivity contribution in [2.75, 3.05) is 13.2 Å². The van der Waals surface area contributed by atoms with E-state index in [9.17, 15) is 12.8 Å². The molecule has 0 radical (unpaired) electrons. The van der Waals surface area contributed by atoms with E-state index < -0.39 is 20.7 Å². The number of hydrogen-bond donors (Lipinski definition) is 1. The molecule has 0 spiro atoms. The molecule has 118 valence electrons. The summed E-state index contributed by atoms with van der Waals surface area (Å²) in [5.41, 5.74) is 0.744. The van der Waals surface area contributed by atoms with Gasteiger partial charge < -0.3 is 5.11 Å². The van der Waals surface area contributed by atoms with Crippen LogP contribution in [-0.2, 0) is 16.6 Å². The number of halogens is 2. The van der Waals surface area contributed by atoms with Gasteiger partial charge in [0.2, 0.25) is 10.0 Å². The van der Waals surface area contributed by atoms with Crippen LogP contribution >= 0.6 is 11.6 Å². The molecule has 7 heteroatoms. The molecule has 0 saturated carbocycles. The summed E-state index contributed by atoms with van der Waals surface area (Å²) in [6.45, 7) is -0.438. The highest BCUT2D eigenvalue weighted by molar-refractivity contribution is 7.89. The van der Waals surface area contributed by atoms with Gasteiger partial charge in [0.1, 0.15) is 10.7 Å². The number of rotatable bonds is 6. The fourth-order valence-electron chi connectivity index (χ4n) is 2.01. The average Bonchev–Trinajstić information content (AvgIpc) is 2.47. The number of nitrogens with zero attached hydrogens (tertiary/aromatic N) is 1. The summed E-state index contributed by atoms with van der Waals surface area (Å²) < 4.78 is 40.2. The van der Waals surface area contributed by atoms with E-state index in [0.29, 0.717) is 0 Å². The molecular formula is C15H15ClFNO3S. The molecule has 0 atom stereocenters. The van der Waals surface area contributed by atoms with Crippen molar-refractivity contribution >= 4 is 21.6 Å². The zero-order valence-corrected chi connectivity index (χ0v) is 13.2. The molecule has 0 fully saturated rings. The summed E-state index contributed by atoms with van der Waals surface area (Å²) >= 11 is 5.65. The second-order valence-electron chi connectivity index (χ2n) is 4.62. The predicted molar refractivity (Wildman–Crippen MR) is 82.5 cm³/mol. The van der Waals surface area contributed by atoms with E-state index in [1.165, 1.54) is 6.07 Å². The van der Waals surface area contributed by atoms with Crippen LogP contribution < -0.4 is 0 Å². The van der Waals surface area contributed by atoms with Crippen LogP contribution in [0.2, 0.25) is 5.02 Å². The van der Waals surface area contributed by atoms with Crippen molar-refractivity contribution in [1.82, 2.24) is 4.31 Å². The highest BCUT2D eigenvalue weighted by Crippen LogP contribution is 2.23. The van der Waals surface area contributed by atoms with Crippen molar-refractivity contribution in [2.45, 2.75) is 11.4 Å². The molecule has 4 nitrogen and oxygen atoms in total.